The van der Waals surface area contributed by atoms with E-state index in [1.807, 2.05) is 37.6 Å². The molecule has 3 N–H and O–H groups in total. The Bertz CT molecular complexity index is 432. The first-order chi connectivity index (χ1) is 9.40. The van der Waals surface area contributed by atoms with Gasteiger partial charge in [0.25, 0.3) is 0 Å². The minimum Gasteiger partial charge on any atom is -0.481 e. The van der Waals surface area contributed by atoms with Crippen LogP contribution >= 0.6 is 11.3 Å². The topological polar surface area (TPSA) is 78.4 Å². The van der Waals surface area contributed by atoms with Crippen molar-refractivity contribution in [3.05, 3.63) is 22.4 Å². The number of hydrogen-bond acceptors (Lipinski definition) is 3. The molecule has 0 aliphatic carbocycles. The van der Waals surface area contributed by atoms with E-state index in [4.69, 9.17) is 5.11 Å². The summed E-state index contributed by atoms with van der Waals surface area (Å²) in [5, 5.41) is 18.5. The van der Waals surface area contributed by atoms with E-state index in [0.717, 1.165) is 5.56 Å². The molecule has 0 aromatic carbocycles. The average molecular weight is 298 g/mol. The Morgan fingerprint density at radius 1 is 1.35 bits per heavy atom. The standard InChI is InChI=1S/C14H22N2O3S/c1-9(2)6-12(13(17)18)7-15-14(19)16-10(3)11-4-5-20-8-11/h4-5,8-10,12H,6-7H2,1-3H3,(H,17,18)(H2,15,16,19). The molecule has 112 valence electrons. The summed E-state index contributed by atoms with van der Waals surface area (Å²) in [6.45, 7) is 5.98. The number of thiophene rings is 1. The van der Waals surface area contributed by atoms with E-state index in [9.17, 15) is 9.59 Å². The normalized spacial score (nSPS) is 13.8. The summed E-state index contributed by atoms with van der Waals surface area (Å²) >= 11 is 1.57. The molecule has 0 aliphatic heterocycles. The van der Waals surface area contributed by atoms with Gasteiger partial charge in [-0.1, -0.05) is 13.8 Å². The molecule has 5 nitrogen and oxygen atoms in total. The molecule has 0 radical (unpaired) electrons. The Labute approximate surface area is 123 Å². The summed E-state index contributed by atoms with van der Waals surface area (Å²) in [7, 11) is 0. The highest BCUT2D eigenvalue weighted by Crippen LogP contribution is 2.15. The highest BCUT2D eigenvalue weighted by atomic mass is 32.1. The van der Waals surface area contributed by atoms with Crippen LogP contribution in [0.5, 0.6) is 0 Å². The second-order valence-electron chi connectivity index (χ2n) is 5.30. The number of amides is 2. The third-order valence-electron chi connectivity index (χ3n) is 3.00. The van der Waals surface area contributed by atoms with Gasteiger partial charge >= 0.3 is 12.0 Å². The third kappa shape index (κ3) is 5.61. The van der Waals surface area contributed by atoms with E-state index in [1.54, 1.807) is 11.3 Å². The molecule has 2 atom stereocenters. The first kappa shape index (κ1) is 16.5. The maximum Gasteiger partial charge on any atom is 0.315 e. The van der Waals surface area contributed by atoms with Crippen LogP contribution in [0.3, 0.4) is 0 Å². The van der Waals surface area contributed by atoms with E-state index in [2.05, 4.69) is 10.6 Å². The SMILES string of the molecule is CC(C)CC(CNC(=O)NC(C)c1ccsc1)C(=O)O. The fourth-order valence-electron chi connectivity index (χ4n) is 1.91. The molecule has 1 aromatic heterocycles. The molecule has 2 unspecified atom stereocenters. The van der Waals surface area contributed by atoms with Gasteiger partial charge in [-0.25, -0.2) is 4.79 Å². The number of carbonyl (C=O) groups excluding carboxylic acids is 1. The summed E-state index contributed by atoms with van der Waals surface area (Å²) in [6, 6.07) is 1.53. The van der Waals surface area contributed by atoms with Crippen LogP contribution in [0.2, 0.25) is 0 Å². The molecular formula is C14H22N2O3S. The van der Waals surface area contributed by atoms with Gasteiger partial charge in [0.1, 0.15) is 0 Å². The number of carboxylic acid groups (broad SMARTS) is 1. The van der Waals surface area contributed by atoms with Gasteiger partial charge < -0.3 is 15.7 Å². The molecule has 0 saturated heterocycles. The smallest absolute Gasteiger partial charge is 0.315 e. The molecule has 2 amide bonds. The molecule has 1 heterocycles. The quantitative estimate of drug-likeness (QED) is 0.724. The second kappa shape index (κ2) is 7.89. The maximum atomic E-state index is 11.7. The van der Waals surface area contributed by atoms with E-state index in [0.29, 0.717) is 6.42 Å². The molecule has 0 bridgehead atoms. The van der Waals surface area contributed by atoms with Crippen LogP contribution < -0.4 is 10.6 Å². The van der Waals surface area contributed by atoms with Gasteiger partial charge in [-0.3, -0.25) is 4.79 Å². The van der Waals surface area contributed by atoms with Crippen molar-refractivity contribution in [1.29, 1.82) is 0 Å². The van der Waals surface area contributed by atoms with Crippen molar-refractivity contribution >= 4 is 23.3 Å². The van der Waals surface area contributed by atoms with Crippen molar-refractivity contribution in [3.8, 4) is 0 Å². The molecule has 20 heavy (non-hydrogen) atoms. The van der Waals surface area contributed by atoms with Gasteiger partial charge in [0.15, 0.2) is 0 Å². The zero-order valence-corrected chi connectivity index (χ0v) is 12.9. The molecule has 0 aliphatic rings. The predicted octanol–water partition coefficient (Wildman–Crippen LogP) is 2.86. The number of urea groups is 1. The van der Waals surface area contributed by atoms with E-state index in [1.165, 1.54) is 0 Å². The summed E-state index contributed by atoms with van der Waals surface area (Å²) in [5.41, 5.74) is 1.04. The first-order valence-corrected chi connectivity index (χ1v) is 7.63. The second-order valence-corrected chi connectivity index (χ2v) is 6.08. The number of aliphatic carboxylic acids is 1. The lowest BCUT2D eigenvalue weighted by Crippen LogP contribution is -2.41. The monoisotopic (exact) mass is 298 g/mol. The van der Waals surface area contributed by atoms with E-state index >= 15 is 0 Å². The summed E-state index contributed by atoms with van der Waals surface area (Å²) in [4.78, 5) is 22.8. The summed E-state index contributed by atoms with van der Waals surface area (Å²) < 4.78 is 0. The predicted molar refractivity (Wildman–Crippen MR) is 79.8 cm³/mol. The number of nitrogens with one attached hydrogen (secondary N) is 2. The lowest BCUT2D eigenvalue weighted by atomic mass is 9.97. The van der Waals surface area contributed by atoms with Gasteiger partial charge in [-0.15, -0.1) is 0 Å². The molecule has 0 fully saturated rings. The van der Waals surface area contributed by atoms with Crippen molar-refractivity contribution < 1.29 is 14.7 Å². The van der Waals surface area contributed by atoms with Gasteiger partial charge in [-0.05, 0) is 41.7 Å². The van der Waals surface area contributed by atoms with Crippen molar-refractivity contribution in [2.24, 2.45) is 11.8 Å². The number of carboxylic acids is 1. The lowest BCUT2D eigenvalue weighted by molar-refractivity contribution is -0.142. The largest absolute Gasteiger partial charge is 0.481 e. The number of hydrogen-bond donors (Lipinski definition) is 3. The zero-order chi connectivity index (χ0) is 15.1. The molecule has 1 aromatic rings. The number of carbonyl (C=O) groups is 2. The Morgan fingerprint density at radius 2 is 2.05 bits per heavy atom. The third-order valence-corrected chi connectivity index (χ3v) is 3.71. The molecule has 0 saturated carbocycles. The fraction of sp³-hybridized carbons (Fsp3) is 0.571. The minimum absolute atomic E-state index is 0.0883. The highest BCUT2D eigenvalue weighted by Gasteiger charge is 2.20. The first-order valence-electron chi connectivity index (χ1n) is 6.69. The lowest BCUT2D eigenvalue weighted by Gasteiger charge is -2.17. The molecule has 0 spiro atoms. The van der Waals surface area contributed by atoms with Gasteiger partial charge in [-0.2, -0.15) is 11.3 Å². The Hall–Kier alpha value is -1.56. The number of rotatable bonds is 7. The zero-order valence-electron chi connectivity index (χ0n) is 12.1. The fourth-order valence-corrected chi connectivity index (χ4v) is 2.66. The van der Waals surface area contributed by atoms with Crippen molar-refractivity contribution in [2.45, 2.75) is 33.2 Å². The Morgan fingerprint density at radius 3 is 2.55 bits per heavy atom. The molecule has 1 rings (SSSR count). The van der Waals surface area contributed by atoms with Crippen LogP contribution in [-0.4, -0.2) is 23.7 Å². The highest BCUT2D eigenvalue weighted by molar-refractivity contribution is 7.07. The summed E-state index contributed by atoms with van der Waals surface area (Å²) in [6.07, 6.45) is 0.551. The van der Waals surface area contributed by atoms with Crippen LogP contribution in [0.25, 0.3) is 0 Å². The summed E-state index contributed by atoms with van der Waals surface area (Å²) in [5.74, 6) is -1.13. The van der Waals surface area contributed by atoms with E-state index in [-0.39, 0.29) is 24.5 Å². The van der Waals surface area contributed by atoms with E-state index < -0.39 is 11.9 Å². The van der Waals surface area contributed by atoms with Gasteiger partial charge in [0, 0.05) is 6.54 Å². The van der Waals surface area contributed by atoms with Crippen LogP contribution in [0.15, 0.2) is 16.8 Å². The van der Waals surface area contributed by atoms with Crippen LogP contribution in [0, 0.1) is 11.8 Å². The van der Waals surface area contributed by atoms with Crippen molar-refractivity contribution in [3.63, 3.8) is 0 Å². The van der Waals surface area contributed by atoms with Crippen LogP contribution in [0.1, 0.15) is 38.8 Å². The van der Waals surface area contributed by atoms with Gasteiger partial charge in [0.05, 0.1) is 12.0 Å². The molecule has 6 heteroatoms. The van der Waals surface area contributed by atoms with Crippen LogP contribution in [0.4, 0.5) is 4.79 Å². The average Bonchev–Trinajstić information content (AvgIpc) is 2.87. The Kier molecular flexibility index (Phi) is 6.51. The minimum atomic E-state index is -0.870. The van der Waals surface area contributed by atoms with Crippen molar-refractivity contribution in [1.82, 2.24) is 10.6 Å². The maximum absolute atomic E-state index is 11.7. The van der Waals surface area contributed by atoms with Gasteiger partial charge in [0.2, 0.25) is 0 Å². The molecular weight excluding hydrogens is 276 g/mol. The van der Waals surface area contributed by atoms with Crippen molar-refractivity contribution in [2.75, 3.05) is 6.54 Å². The Balaban J connectivity index is 2.39. The van der Waals surface area contributed by atoms with Crippen LogP contribution in [-0.2, 0) is 4.79 Å².